The Hall–Kier alpha value is -2.40. The van der Waals surface area contributed by atoms with Crippen LogP contribution >= 0.6 is 11.6 Å². The van der Waals surface area contributed by atoms with Crippen molar-refractivity contribution >= 4 is 37.6 Å². The predicted molar refractivity (Wildman–Crippen MR) is 141 cm³/mol. The van der Waals surface area contributed by atoms with E-state index in [1.54, 1.807) is 0 Å². The van der Waals surface area contributed by atoms with E-state index in [2.05, 4.69) is 0 Å². The molecule has 0 unspecified atom stereocenters. The van der Waals surface area contributed by atoms with Gasteiger partial charge in [0.2, 0.25) is 20.0 Å². The number of piperidine rings is 1. The first-order valence-electron chi connectivity index (χ1n) is 12.5. The van der Waals surface area contributed by atoms with E-state index in [0.29, 0.717) is 28.0 Å². The van der Waals surface area contributed by atoms with Crippen LogP contribution in [0.5, 0.6) is 11.5 Å². The number of hydrogen-bond donors (Lipinski definition) is 2. The number of nitrogens with zero attached hydrogens (tertiary/aromatic N) is 3. The standard InChI is InChI=1S/C24H29ClF2N4O7S2/c25-17-4-6-18(7-5-17)38-23-20(26)14-19(15-21(23)27)40(36,37)31-11-10-30(16-22(31)24(32)28-33)39(34,35)13-12-29-8-2-1-3-9-29/h4-7,14-15,22,33H,1-3,8-13,16H2,(H,28,32)/t22-/m0/s1. The number of carbonyl (C=O) groups is 1. The van der Waals surface area contributed by atoms with E-state index < -0.39 is 67.4 Å². The maximum absolute atomic E-state index is 14.9. The summed E-state index contributed by atoms with van der Waals surface area (Å²) in [4.78, 5) is 13.7. The van der Waals surface area contributed by atoms with E-state index in [-0.39, 0.29) is 18.0 Å². The summed E-state index contributed by atoms with van der Waals surface area (Å²) in [5, 5.41) is 9.61. The van der Waals surface area contributed by atoms with Crippen LogP contribution in [-0.4, -0.2) is 92.5 Å². The molecule has 2 N–H and O–H groups in total. The quantitative estimate of drug-likeness (QED) is 0.321. The van der Waals surface area contributed by atoms with Gasteiger partial charge in [0.15, 0.2) is 17.4 Å². The summed E-state index contributed by atoms with van der Waals surface area (Å²) in [6.07, 6.45) is 3.04. The largest absolute Gasteiger partial charge is 0.451 e. The molecule has 0 spiro atoms. The molecule has 1 atom stereocenters. The number of likely N-dealkylation sites (tertiary alicyclic amines) is 1. The molecule has 2 aromatic rings. The Balaban J connectivity index is 1.54. The number of hydrogen-bond acceptors (Lipinski definition) is 8. The average molecular weight is 623 g/mol. The summed E-state index contributed by atoms with van der Waals surface area (Å²) in [5.41, 5.74) is 1.35. The Morgan fingerprint density at radius 2 is 1.62 bits per heavy atom. The third-order valence-electron chi connectivity index (χ3n) is 6.83. The Morgan fingerprint density at radius 1 is 1.00 bits per heavy atom. The summed E-state index contributed by atoms with van der Waals surface area (Å²) in [6, 6.07) is 4.99. The van der Waals surface area contributed by atoms with Gasteiger partial charge in [-0.1, -0.05) is 18.0 Å². The molecule has 220 valence electrons. The lowest BCUT2D eigenvalue weighted by molar-refractivity contribution is -0.134. The Kier molecular flexibility index (Phi) is 9.65. The number of carbonyl (C=O) groups excluding carboxylic acids is 1. The van der Waals surface area contributed by atoms with Crippen molar-refractivity contribution in [2.24, 2.45) is 0 Å². The van der Waals surface area contributed by atoms with Crippen LogP contribution in [0.15, 0.2) is 41.3 Å². The summed E-state index contributed by atoms with van der Waals surface area (Å²) >= 11 is 5.79. The second-order valence-electron chi connectivity index (χ2n) is 9.46. The topological polar surface area (TPSA) is 137 Å². The lowest BCUT2D eigenvalue weighted by Gasteiger charge is -2.38. The Morgan fingerprint density at radius 3 is 2.23 bits per heavy atom. The number of ether oxygens (including phenoxy) is 1. The van der Waals surface area contributed by atoms with Crippen LogP contribution in [0.4, 0.5) is 8.78 Å². The zero-order chi connectivity index (χ0) is 29.1. The molecule has 4 rings (SSSR count). The maximum atomic E-state index is 14.9. The van der Waals surface area contributed by atoms with Crippen molar-refractivity contribution in [3.05, 3.63) is 53.1 Å². The van der Waals surface area contributed by atoms with Gasteiger partial charge in [-0.25, -0.2) is 31.1 Å². The lowest BCUT2D eigenvalue weighted by atomic mass is 10.1. The Bertz CT molecular complexity index is 1420. The highest BCUT2D eigenvalue weighted by Crippen LogP contribution is 2.32. The van der Waals surface area contributed by atoms with Crippen LogP contribution in [0.3, 0.4) is 0 Å². The highest BCUT2D eigenvalue weighted by Gasteiger charge is 2.43. The number of nitrogens with one attached hydrogen (secondary N) is 1. The molecular formula is C24H29ClF2N4O7S2. The fourth-order valence-corrected chi connectivity index (χ4v) is 7.86. The molecule has 2 saturated heterocycles. The number of piperazine rings is 1. The molecule has 0 radical (unpaired) electrons. The number of halogens is 3. The van der Waals surface area contributed by atoms with Crippen LogP contribution in [0, 0.1) is 11.6 Å². The second kappa shape index (κ2) is 12.6. The molecule has 2 heterocycles. The number of hydroxylamine groups is 1. The monoisotopic (exact) mass is 622 g/mol. The van der Waals surface area contributed by atoms with Crippen LogP contribution in [0.2, 0.25) is 5.02 Å². The second-order valence-corrected chi connectivity index (χ2v) is 13.9. The number of sulfonamides is 2. The molecule has 2 aromatic carbocycles. The number of amides is 1. The van der Waals surface area contributed by atoms with Gasteiger partial charge < -0.3 is 9.64 Å². The molecule has 0 aromatic heterocycles. The van der Waals surface area contributed by atoms with E-state index in [9.17, 15) is 35.6 Å². The van der Waals surface area contributed by atoms with Crippen molar-refractivity contribution < 1.29 is 40.4 Å². The SMILES string of the molecule is O=C(NO)[C@@H]1CN(S(=O)(=O)CCN2CCCCC2)CCN1S(=O)(=O)c1cc(F)c(Oc2ccc(Cl)cc2)c(F)c1. The van der Waals surface area contributed by atoms with Gasteiger partial charge in [0.1, 0.15) is 11.8 Å². The van der Waals surface area contributed by atoms with E-state index in [1.165, 1.54) is 29.7 Å². The third kappa shape index (κ3) is 6.90. The van der Waals surface area contributed by atoms with Crippen LogP contribution < -0.4 is 10.2 Å². The minimum absolute atomic E-state index is 0.0510. The molecule has 0 saturated carbocycles. The fourth-order valence-electron chi connectivity index (χ4n) is 4.67. The molecule has 40 heavy (non-hydrogen) atoms. The van der Waals surface area contributed by atoms with E-state index in [1.807, 2.05) is 4.90 Å². The molecule has 16 heteroatoms. The number of benzene rings is 2. The molecule has 2 aliphatic rings. The first-order chi connectivity index (χ1) is 18.9. The van der Waals surface area contributed by atoms with E-state index >= 15 is 0 Å². The third-order valence-corrected chi connectivity index (χ3v) is 10.8. The van der Waals surface area contributed by atoms with Crippen LogP contribution in [0.25, 0.3) is 0 Å². The van der Waals surface area contributed by atoms with Gasteiger partial charge in [-0.05, 0) is 62.3 Å². The summed E-state index contributed by atoms with van der Waals surface area (Å²) in [5.74, 6) is -4.86. The molecule has 0 bridgehead atoms. The minimum Gasteiger partial charge on any atom is -0.451 e. The van der Waals surface area contributed by atoms with E-state index in [0.717, 1.165) is 36.7 Å². The van der Waals surface area contributed by atoms with Gasteiger partial charge in [0.25, 0.3) is 5.91 Å². The van der Waals surface area contributed by atoms with Gasteiger partial charge in [0.05, 0.1) is 10.6 Å². The maximum Gasteiger partial charge on any atom is 0.263 e. The van der Waals surface area contributed by atoms with Crippen molar-refractivity contribution in [3.8, 4) is 11.5 Å². The van der Waals surface area contributed by atoms with Crippen LogP contribution in [-0.2, 0) is 24.8 Å². The van der Waals surface area contributed by atoms with Gasteiger partial charge >= 0.3 is 0 Å². The number of rotatable bonds is 9. The molecule has 11 nitrogen and oxygen atoms in total. The minimum atomic E-state index is -4.73. The zero-order valence-electron chi connectivity index (χ0n) is 21.3. The highest BCUT2D eigenvalue weighted by atomic mass is 35.5. The van der Waals surface area contributed by atoms with Gasteiger partial charge in [0, 0.05) is 31.2 Å². The molecular weight excluding hydrogens is 594 g/mol. The van der Waals surface area contributed by atoms with Crippen molar-refractivity contribution in [2.45, 2.75) is 30.2 Å². The molecule has 0 aliphatic carbocycles. The highest BCUT2D eigenvalue weighted by molar-refractivity contribution is 7.89. The first kappa shape index (κ1) is 30.6. The smallest absolute Gasteiger partial charge is 0.263 e. The molecule has 2 fully saturated rings. The van der Waals surface area contributed by atoms with Crippen molar-refractivity contribution in [2.75, 3.05) is 45.0 Å². The zero-order valence-corrected chi connectivity index (χ0v) is 23.7. The van der Waals surface area contributed by atoms with Gasteiger partial charge in [-0.3, -0.25) is 10.0 Å². The van der Waals surface area contributed by atoms with E-state index in [4.69, 9.17) is 16.3 Å². The van der Waals surface area contributed by atoms with Crippen molar-refractivity contribution in [3.63, 3.8) is 0 Å². The first-order valence-corrected chi connectivity index (χ1v) is 15.9. The van der Waals surface area contributed by atoms with Crippen LogP contribution in [0.1, 0.15) is 19.3 Å². The predicted octanol–water partition coefficient (Wildman–Crippen LogP) is 2.41. The van der Waals surface area contributed by atoms with Gasteiger partial charge in [-0.2, -0.15) is 8.61 Å². The van der Waals surface area contributed by atoms with Crippen molar-refractivity contribution in [1.82, 2.24) is 19.0 Å². The summed E-state index contributed by atoms with van der Waals surface area (Å²) < 4.78 is 89.4. The van der Waals surface area contributed by atoms with Crippen molar-refractivity contribution in [1.29, 1.82) is 0 Å². The normalized spacial score (nSPS) is 19.9. The van der Waals surface area contributed by atoms with Gasteiger partial charge in [-0.15, -0.1) is 0 Å². The molecule has 1 amide bonds. The Labute approximate surface area is 236 Å². The summed E-state index contributed by atoms with van der Waals surface area (Å²) in [7, 11) is -8.60. The molecule has 2 aliphatic heterocycles. The average Bonchev–Trinajstić information content (AvgIpc) is 2.94. The summed E-state index contributed by atoms with van der Waals surface area (Å²) in [6.45, 7) is 0.494. The fraction of sp³-hybridized carbons (Fsp3) is 0.458. The lowest BCUT2D eigenvalue weighted by Crippen LogP contribution is -2.61.